The topological polar surface area (TPSA) is 26.0 Å². The van der Waals surface area contributed by atoms with Crippen LogP contribution in [0.5, 0.6) is 0 Å². The normalized spacial score (nSPS) is 15.7. The maximum atomic E-state index is 6.48. The summed E-state index contributed by atoms with van der Waals surface area (Å²) < 4.78 is 0. The zero-order valence-electron chi connectivity index (χ0n) is 18.3. The molecule has 0 aromatic carbocycles. The lowest BCUT2D eigenvalue weighted by molar-refractivity contribution is 1.09. The summed E-state index contributed by atoms with van der Waals surface area (Å²) in [4.78, 5) is 0. The van der Waals surface area contributed by atoms with Gasteiger partial charge in [-0.2, -0.15) is 0 Å². The minimum Gasteiger partial charge on any atom is -0.398 e. The monoisotopic (exact) mass is 355 g/mol. The molecule has 0 unspecified atom stereocenters. The zero-order valence-corrected chi connectivity index (χ0v) is 18.3. The number of hydrogen-bond donors (Lipinski definition) is 1. The fraction of sp³-hybridized carbons (Fsp3) is 0.520. The smallest absolute Gasteiger partial charge is 0.0349 e. The molecule has 0 aromatic rings. The van der Waals surface area contributed by atoms with Crippen LogP contribution < -0.4 is 5.73 Å². The van der Waals surface area contributed by atoms with Gasteiger partial charge in [-0.05, 0) is 67.7 Å². The maximum Gasteiger partial charge on any atom is 0.0349 e. The van der Waals surface area contributed by atoms with Crippen molar-refractivity contribution in [2.24, 2.45) is 5.73 Å². The molecule has 1 heteroatoms. The summed E-state index contributed by atoms with van der Waals surface area (Å²) in [5.74, 6) is 0. The molecule has 0 saturated carbocycles. The average molecular weight is 356 g/mol. The van der Waals surface area contributed by atoms with Crippen LogP contribution in [0.25, 0.3) is 0 Å². The first-order valence-corrected chi connectivity index (χ1v) is 10.5. The molecule has 0 fully saturated rings. The fourth-order valence-electron chi connectivity index (χ4n) is 3.16. The second-order valence-corrected chi connectivity index (χ2v) is 6.47. The molecule has 0 aliphatic rings. The van der Waals surface area contributed by atoms with Crippen LogP contribution in [0.3, 0.4) is 0 Å². The molecular formula is C25H41N. The summed E-state index contributed by atoms with van der Waals surface area (Å²) in [6, 6.07) is 0. The Morgan fingerprint density at radius 3 is 1.27 bits per heavy atom. The fourth-order valence-corrected chi connectivity index (χ4v) is 3.16. The van der Waals surface area contributed by atoms with Crippen LogP contribution in [0.15, 0.2) is 70.0 Å². The van der Waals surface area contributed by atoms with Crippen molar-refractivity contribution >= 4 is 0 Å². The van der Waals surface area contributed by atoms with Gasteiger partial charge < -0.3 is 5.73 Å². The van der Waals surface area contributed by atoms with E-state index in [4.69, 9.17) is 5.73 Å². The van der Waals surface area contributed by atoms with Gasteiger partial charge in [-0.25, -0.2) is 0 Å². The third-order valence-corrected chi connectivity index (χ3v) is 4.17. The van der Waals surface area contributed by atoms with Gasteiger partial charge in [0.15, 0.2) is 0 Å². The highest BCUT2D eigenvalue weighted by molar-refractivity contribution is 5.65. The highest BCUT2D eigenvalue weighted by atomic mass is 14.6. The lowest BCUT2D eigenvalue weighted by Gasteiger charge is -2.21. The number of rotatable bonds is 11. The van der Waals surface area contributed by atoms with Gasteiger partial charge in [0.25, 0.3) is 0 Å². The van der Waals surface area contributed by atoms with Crippen LogP contribution in [-0.2, 0) is 0 Å². The first kappa shape index (κ1) is 24.2. The number of nitrogens with two attached hydrogens (primary N) is 1. The van der Waals surface area contributed by atoms with Crippen LogP contribution in [-0.4, -0.2) is 0 Å². The van der Waals surface area contributed by atoms with Crippen molar-refractivity contribution < 1.29 is 0 Å². The van der Waals surface area contributed by atoms with E-state index in [1.807, 2.05) is 0 Å². The van der Waals surface area contributed by atoms with Crippen molar-refractivity contribution in [3.8, 4) is 0 Å². The highest BCUT2D eigenvalue weighted by Crippen LogP contribution is 2.34. The van der Waals surface area contributed by atoms with Crippen LogP contribution in [0.2, 0.25) is 0 Å². The summed E-state index contributed by atoms with van der Waals surface area (Å²) >= 11 is 0. The molecule has 0 saturated heterocycles. The van der Waals surface area contributed by atoms with E-state index in [1.165, 1.54) is 27.9 Å². The van der Waals surface area contributed by atoms with Gasteiger partial charge in [0, 0.05) is 11.3 Å². The molecule has 2 N–H and O–H groups in total. The van der Waals surface area contributed by atoms with Crippen molar-refractivity contribution in [1.82, 2.24) is 0 Å². The quantitative estimate of drug-likeness (QED) is 0.374. The van der Waals surface area contributed by atoms with Crippen LogP contribution in [0.1, 0.15) is 87.0 Å². The van der Waals surface area contributed by atoms with E-state index in [1.54, 1.807) is 0 Å². The SMILES string of the molecule is CCC=C(C)C(=CCC)C(=CCC)C(=CCC)C(=CCC)C(N)=CCC. The Hall–Kier alpha value is -1.76. The molecule has 0 aliphatic carbocycles. The summed E-state index contributed by atoms with van der Waals surface area (Å²) in [5, 5.41) is 0. The summed E-state index contributed by atoms with van der Waals surface area (Å²) in [5.41, 5.74) is 13.9. The van der Waals surface area contributed by atoms with E-state index in [-0.39, 0.29) is 0 Å². The third kappa shape index (κ3) is 7.64. The number of hydrogen-bond acceptors (Lipinski definition) is 1. The maximum absolute atomic E-state index is 6.48. The molecule has 0 atom stereocenters. The molecule has 0 heterocycles. The van der Waals surface area contributed by atoms with Gasteiger partial charge in [0.1, 0.15) is 0 Å². The Kier molecular flexibility index (Phi) is 13.4. The Labute approximate surface area is 163 Å². The molecule has 0 bridgehead atoms. The lowest BCUT2D eigenvalue weighted by atomic mass is 9.85. The molecule has 0 radical (unpaired) electrons. The zero-order chi connectivity index (χ0) is 19.9. The van der Waals surface area contributed by atoms with Crippen LogP contribution in [0, 0.1) is 0 Å². The van der Waals surface area contributed by atoms with Crippen molar-refractivity contribution in [3.05, 3.63) is 70.0 Å². The van der Waals surface area contributed by atoms with Crippen LogP contribution in [0.4, 0.5) is 0 Å². The lowest BCUT2D eigenvalue weighted by Crippen LogP contribution is -2.08. The molecule has 0 aromatic heterocycles. The molecular weight excluding hydrogens is 314 g/mol. The summed E-state index contributed by atoms with van der Waals surface area (Å²) in [6.45, 7) is 15.4. The molecule has 0 spiro atoms. The molecule has 0 aliphatic heterocycles. The van der Waals surface area contributed by atoms with E-state index in [0.29, 0.717) is 0 Å². The van der Waals surface area contributed by atoms with Crippen molar-refractivity contribution in [1.29, 1.82) is 0 Å². The van der Waals surface area contributed by atoms with Crippen molar-refractivity contribution in [2.45, 2.75) is 87.0 Å². The Balaban J connectivity index is 6.58. The van der Waals surface area contributed by atoms with Gasteiger partial charge in [-0.1, -0.05) is 78.0 Å². The van der Waals surface area contributed by atoms with Crippen molar-refractivity contribution in [2.75, 3.05) is 0 Å². The minimum absolute atomic E-state index is 0.893. The average Bonchev–Trinajstić information content (AvgIpc) is 2.61. The largest absolute Gasteiger partial charge is 0.398 e. The van der Waals surface area contributed by atoms with Gasteiger partial charge in [0.2, 0.25) is 0 Å². The van der Waals surface area contributed by atoms with Crippen LogP contribution >= 0.6 is 0 Å². The molecule has 146 valence electrons. The van der Waals surface area contributed by atoms with E-state index in [0.717, 1.165) is 44.2 Å². The standard InChI is InChI=1S/C25H41N/c1-8-14-20(7)21(15-9-2)22(16-10-3)23(17-11-4)24(18-12-5)25(26)19-13-6/h14-19H,8-13,26H2,1-7H3. The van der Waals surface area contributed by atoms with E-state index in [2.05, 4.69) is 84.9 Å². The minimum atomic E-state index is 0.893. The Bertz CT molecular complexity index is 538. The Morgan fingerprint density at radius 1 is 0.500 bits per heavy atom. The van der Waals surface area contributed by atoms with Gasteiger partial charge in [0.05, 0.1) is 0 Å². The van der Waals surface area contributed by atoms with E-state index in [9.17, 15) is 0 Å². The first-order chi connectivity index (χ1) is 12.5. The van der Waals surface area contributed by atoms with Crippen molar-refractivity contribution in [3.63, 3.8) is 0 Å². The predicted octanol–water partition coefficient (Wildman–Crippen LogP) is 7.94. The van der Waals surface area contributed by atoms with E-state index >= 15 is 0 Å². The van der Waals surface area contributed by atoms with E-state index < -0.39 is 0 Å². The summed E-state index contributed by atoms with van der Waals surface area (Å²) in [6.07, 6.45) is 19.8. The van der Waals surface area contributed by atoms with Gasteiger partial charge in [-0.15, -0.1) is 0 Å². The predicted molar refractivity (Wildman–Crippen MR) is 120 cm³/mol. The van der Waals surface area contributed by atoms with Gasteiger partial charge in [-0.3, -0.25) is 0 Å². The Morgan fingerprint density at radius 2 is 0.846 bits per heavy atom. The second kappa shape index (κ2) is 14.4. The number of allylic oxidation sites excluding steroid dienone is 10. The third-order valence-electron chi connectivity index (χ3n) is 4.17. The first-order valence-electron chi connectivity index (χ1n) is 10.5. The van der Waals surface area contributed by atoms with Gasteiger partial charge >= 0.3 is 0 Å². The highest BCUT2D eigenvalue weighted by Gasteiger charge is 2.16. The molecule has 26 heavy (non-hydrogen) atoms. The molecule has 0 amide bonds. The summed E-state index contributed by atoms with van der Waals surface area (Å²) in [7, 11) is 0. The molecule has 0 rings (SSSR count). The molecule has 1 nitrogen and oxygen atoms in total. The second-order valence-electron chi connectivity index (χ2n) is 6.47.